The molecular formula is C4HF3N2. The topological polar surface area (TPSA) is 26.5 Å². The molecule has 1 aliphatic rings. The zero-order valence-electron chi connectivity index (χ0n) is 4.11. The maximum atomic E-state index is 11.5. The lowest BCUT2D eigenvalue weighted by Crippen LogP contribution is -2.19. The summed E-state index contributed by atoms with van der Waals surface area (Å²) < 4.78 is 34.5. The fourth-order valence-electron chi connectivity index (χ4n) is 0.344. The Bertz CT molecular complexity index is 167. The number of hydrogen-bond donors (Lipinski definition) is 0. The molecule has 0 spiro atoms. The molecule has 0 amide bonds. The van der Waals surface area contributed by atoms with E-state index in [1.807, 2.05) is 6.08 Å². The monoisotopic (exact) mass is 134 g/mol. The van der Waals surface area contributed by atoms with Gasteiger partial charge in [0.25, 0.3) is 0 Å². The molecule has 2 nitrogen and oxygen atoms in total. The first kappa shape index (κ1) is 6.12. The molecule has 0 bridgehead atoms. The second-order valence-corrected chi connectivity index (χ2v) is 1.34. The molecule has 48 valence electrons. The van der Waals surface area contributed by atoms with Crippen molar-refractivity contribution in [1.29, 1.82) is 0 Å². The second-order valence-electron chi connectivity index (χ2n) is 1.34. The van der Waals surface area contributed by atoms with Crippen LogP contribution < -0.4 is 5.43 Å². The fraction of sp³-hybridized carbons (Fsp3) is 0.250. The summed E-state index contributed by atoms with van der Waals surface area (Å²) >= 11 is 0. The lowest BCUT2D eigenvalue weighted by Gasteiger charge is -1.99. The SMILES string of the molecule is FC(F)(F)C1=N[N]C=[C]1. The minimum atomic E-state index is -4.41. The van der Waals surface area contributed by atoms with Gasteiger partial charge in [-0.05, 0) is 0 Å². The van der Waals surface area contributed by atoms with Crippen molar-refractivity contribution < 1.29 is 13.2 Å². The summed E-state index contributed by atoms with van der Waals surface area (Å²) in [7, 11) is 0. The largest absolute Gasteiger partial charge is 0.435 e. The van der Waals surface area contributed by atoms with Crippen LogP contribution in [0.1, 0.15) is 0 Å². The lowest BCUT2D eigenvalue weighted by atomic mass is 10.4. The highest BCUT2D eigenvalue weighted by Gasteiger charge is 2.35. The van der Waals surface area contributed by atoms with Crippen molar-refractivity contribution in [2.75, 3.05) is 0 Å². The van der Waals surface area contributed by atoms with Gasteiger partial charge in [-0.25, -0.2) is 0 Å². The van der Waals surface area contributed by atoms with Gasteiger partial charge >= 0.3 is 6.18 Å². The van der Waals surface area contributed by atoms with Gasteiger partial charge in [-0.3, -0.25) is 0 Å². The van der Waals surface area contributed by atoms with Crippen LogP contribution in [0.5, 0.6) is 0 Å². The van der Waals surface area contributed by atoms with Gasteiger partial charge < -0.3 is 0 Å². The van der Waals surface area contributed by atoms with Crippen LogP contribution in [-0.4, -0.2) is 11.9 Å². The molecule has 0 aromatic rings. The van der Waals surface area contributed by atoms with Crippen LogP contribution in [0, 0.1) is 6.08 Å². The van der Waals surface area contributed by atoms with Crippen molar-refractivity contribution in [3.63, 3.8) is 0 Å². The van der Waals surface area contributed by atoms with Crippen LogP contribution in [0.15, 0.2) is 11.3 Å². The Balaban J connectivity index is 2.73. The van der Waals surface area contributed by atoms with E-state index in [4.69, 9.17) is 0 Å². The van der Waals surface area contributed by atoms with Gasteiger partial charge in [0.1, 0.15) is 0 Å². The van der Waals surface area contributed by atoms with Crippen molar-refractivity contribution in [1.82, 2.24) is 5.43 Å². The third-order valence-corrected chi connectivity index (χ3v) is 0.685. The van der Waals surface area contributed by atoms with Crippen molar-refractivity contribution >= 4 is 5.71 Å². The molecule has 0 saturated carbocycles. The van der Waals surface area contributed by atoms with E-state index in [2.05, 4.69) is 10.5 Å². The van der Waals surface area contributed by atoms with Crippen molar-refractivity contribution in [2.24, 2.45) is 5.10 Å². The summed E-state index contributed by atoms with van der Waals surface area (Å²) in [5, 5.41) is 2.76. The van der Waals surface area contributed by atoms with Crippen LogP contribution in [0.4, 0.5) is 13.2 Å². The van der Waals surface area contributed by atoms with Crippen molar-refractivity contribution in [2.45, 2.75) is 6.18 Å². The molecule has 5 heteroatoms. The van der Waals surface area contributed by atoms with Crippen LogP contribution in [-0.2, 0) is 0 Å². The Morgan fingerprint density at radius 2 is 2.11 bits per heavy atom. The minimum Gasteiger partial charge on any atom is -0.164 e. The van der Waals surface area contributed by atoms with Gasteiger partial charge in [0.05, 0.1) is 6.20 Å². The standard InChI is InChI=1S/C4HF3N2/c5-4(6,7)3-1-2-8-9-3/h2H. The minimum absolute atomic E-state index is 0.878. The predicted octanol–water partition coefficient (Wildman–Crippen LogP) is 0.840. The molecule has 9 heavy (non-hydrogen) atoms. The van der Waals surface area contributed by atoms with Gasteiger partial charge in [-0.15, -0.1) is 5.10 Å². The zero-order valence-corrected chi connectivity index (χ0v) is 4.11. The molecule has 1 aliphatic heterocycles. The average molecular weight is 134 g/mol. The van der Waals surface area contributed by atoms with E-state index < -0.39 is 11.9 Å². The third-order valence-electron chi connectivity index (χ3n) is 0.685. The maximum absolute atomic E-state index is 11.5. The summed E-state index contributed by atoms with van der Waals surface area (Å²) in [6.45, 7) is 0. The average Bonchev–Trinajstić information content (AvgIpc) is 2.08. The Labute approximate surface area is 49.1 Å². The summed E-state index contributed by atoms with van der Waals surface area (Å²) in [6, 6.07) is 0. The van der Waals surface area contributed by atoms with Gasteiger partial charge in [0.2, 0.25) is 0 Å². The fourth-order valence-corrected chi connectivity index (χ4v) is 0.344. The summed E-state index contributed by atoms with van der Waals surface area (Å²) in [6.07, 6.45) is -1.70. The Morgan fingerprint density at radius 1 is 1.44 bits per heavy atom. The first-order valence-electron chi connectivity index (χ1n) is 2.04. The molecule has 0 N–H and O–H groups in total. The first-order valence-corrected chi connectivity index (χ1v) is 2.04. The normalized spacial score (nSPS) is 17.4. The van der Waals surface area contributed by atoms with Gasteiger partial charge in [-0.2, -0.15) is 18.6 Å². The summed E-state index contributed by atoms with van der Waals surface area (Å²) in [5.74, 6) is 0. The van der Waals surface area contributed by atoms with Crippen LogP contribution in [0.2, 0.25) is 0 Å². The summed E-state index contributed by atoms with van der Waals surface area (Å²) in [4.78, 5) is 0. The molecule has 1 heterocycles. The molecular weight excluding hydrogens is 133 g/mol. The van der Waals surface area contributed by atoms with Gasteiger partial charge in [0.15, 0.2) is 5.71 Å². The molecule has 0 saturated heterocycles. The Morgan fingerprint density at radius 3 is 2.33 bits per heavy atom. The molecule has 0 aliphatic carbocycles. The molecule has 0 fully saturated rings. The van der Waals surface area contributed by atoms with E-state index in [0.29, 0.717) is 0 Å². The maximum Gasteiger partial charge on any atom is 0.435 e. The van der Waals surface area contributed by atoms with E-state index in [0.717, 1.165) is 6.20 Å². The number of alkyl halides is 3. The number of halogens is 3. The Kier molecular flexibility index (Phi) is 1.19. The molecule has 0 atom stereocenters. The second kappa shape index (κ2) is 1.75. The summed E-state index contributed by atoms with van der Waals surface area (Å²) in [5.41, 5.74) is 1.90. The smallest absolute Gasteiger partial charge is 0.164 e. The van der Waals surface area contributed by atoms with Crippen LogP contribution in [0.3, 0.4) is 0 Å². The lowest BCUT2D eigenvalue weighted by molar-refractivity contribution is -0.0581. The number of allylic oxidation sites excluding steroid dienone is 1. The Hall–Kier alpha value is -1.00. The van der Waals surface area contributed by atoms with Crippen molar-refractivity contribution in [3.8, 4) is 0 Å². The highest BCUT2D eigenvalue weighted by Crippen LogP contribution is 2.18. The number of nitrogens with zero attached hydrogens (tertiary/aromatic N) is 2. The van der Waals surface area contributed by atoms with E-state index in [-0.39, 0.29) is 0 Å². The van der Waals surface area contributed by atoms with Gasteiger partial charge in [-0.1, -0.05) is 0 Å². The van der Waals surface area contributed by atoms with Gasteiger partial charge in [0, 0.05) is 6.08 Å². The zero-order chi connectivity index (χ0) is 6.91. The third kappa shape index (κ3) is 1.22. The molecule has 2 radical (unpaired) electrons. The quantitative estimate of drug-likeness (QED) is 0.469. The van der Waals surface area contributed by atoms with E-state index in [1.54, 1.807) is 0 Å². The van der Waals surface area contributed by atoms with Crippen molar-refractivity contribution in [3.05, 3.63) is 12.3 Å². The van der Waals surface area contributed by atoms with E-state index >= 15 is 0 Å². The molecule has 0 unspecified atom stereocenters. The first-order chi connectivity index (χ1) is 4.11. The molecule has 1 rings (SSSR count). The molecule has 0 aromatic carbocycles. The van der Waals surface area contributed by atoms with E-state index in [1.165, 1.54) is 0 Å². The van der Waals surface area contributed by atoms with Crippen LogP contribution >= 0.6 is 0 Å². The predicted molar refractivity (Wildman–Crippen MR) is 23.4 cm³/mol. The number of rotatable bonds is 0. The molecule has 0 aromatic heterocycles. The van der Waals surface area contributed by atoms with Crippen LogP contribution in [0.25, 0.3) is 0 Å². The highest BCUT2D eigenvalue weighted by molar-refractivity contribution is 5.96. The van der Waals surface area contributed by atoms with E-state index in [9.17, 15) is 13.2 Å². The number of hydrogen-bond acceptors (Lipinski definition) is 1. The highest BCUT2D eigenvalue weighted by atomic mass is 19.4.